The molecule has 0 saturated carbocycles. The Hall–Kier alpha value is -2.19. The van der Waals surface area contributed by atoms with Crippen molar-refractivity contribution in [2.75, 3.05) is 25.0 Å². The van der Waals surface area contributed by atoms with Gasteiger partial charge in [0.05, 0.1) is 12.3 Å². The van der Waals surface area contributed by atoms with Gasteiger partial charge in [0, 0.05) is 12.2 Å². The largest absolute Gasteiger partial charge is 0.468 e. The number of thiocarbonyl (C=S) groups is 1. The first-order valence-electron chi connectivity index (χ1n) is 8.49. The zero-order chi connectivity index (χ0) is 18.4. The molecule has 8 heteroatoms. The van der Waals surface area contributed by atoms with Gasteiger partial charge in [-0.1, -0.05) is 0 Å². The molecule has 0 spiro atoms. The number of alkyl halides is 2. The van der Waals surface area contributed by atoms with Gasteiger partial charge in [-0.3, -0.25) is 4.90 Å². The summed E-state index contributed by atoms with van der Waals surface area (Å²) in [6.07, 6.45) is 4.05. The van der Waals surface area contributed by atoms with Crippen molar-refractivity contribution in [1.29, 1.82) is 0 Å². The average Bonchev–Trinajstić information content (AvgIpc) is 3.30. The Balaban J connectivity index is 1.53. The van der Waals surface area contributed by atoms with Crippen LogP contribution in [0.15, 0.2) is 47.1 Å². The monoisotopic (exact) mass is 381 g/mol. The van der Waals surface area contributed by atoms with Crippen molar-refractivity contribution in [3.63, 3.8) is 0 Å². The number of ether oxygens (including phenoxy) is 1. The summed E-state index contributed by atoms with van der Waals surface area (Å²) in [6, 6.07) is 10.2. The number of nitrogens with zero attached hydrogens (tertiary/aromatic N) is 1. The molecule has 1 atom stereocenters. The van der Waals surface area contributed by atoms with Gasteiger partial charge in [0.15, 0.2) is 5.11 Å². The topological polar surface area (TPSA) is 49.7 Å². The first-order valence-corrected chi connectivity index (χ1v) is 8.90. The van der Waals surface area contributed by atoms with Gasteiger partial charge >= 0.3 is 6.61 Å². The Bertz CT molecular complexity index is 689. The van der Waals surface area contributed by atoms with Crippen LogP contribution in [-0.4, -0.2) is 36.3 Å². The Labute approximate surface area is 156 Å². The van der Waals surface area contributed by atoms with Crippen LogP contribution in [0.5, 0.6) is 5.75 Å². The van der Waals surface area contributed by atoms with E-state index in [1.54, 1.807) is 18.4 Å². The normalized spacial score (nSPS) is 15.8. The van der Waals surface area contributed by atoms with Crippen LogP contribution >= 0.6 is 12.2 Å². The number of likely N-dealkylation sites (tertiary alicyclic amines) is 1. The molecule has 0 radical (unpaired) electrons. The van der Waals surface area contributed by atoms with Gasteiger partial charge in [-0.25, -0.2) is 0 Å². The molecule has 2 heterocycles. The summed E-state index contributed by atoms with van der Waals surface area (Å²) in [5.74, 6) is 1.02. The van der Waals surface area contributed by atoms with E-state index in [-0.39, 0.29) is 11.8 Å². The predicted molar refractivity (Wildman–Crippen MR) is 99.6 cm³/mol. The quantitative estimate of drug-likeness (QED) is 0.707. The van der Waals surface area contributed by atoms with E-state index >= 15 is 0 Å². The van der Waals surface area contributed by atoms with E-state index in [0.29, 0.717) is 17.3 Å². The highest BCUT2D eigenvalue weighted by Crippen LogP contribution is 2.25. The van der Waals surface area contributed by atoms with Crippen molar-refractivity contribution in [3.05, 3.63) is 48.4 Å². The van der Waals surface area contributed by atoms with Crippen LogP contribution < -0.4 is 15.4 Å². The Morgan fingerprint density at radius 3 is 2.54 bits per heavy atom. The Morgan fingerprint density at radius 2 is 1.92 bits per heavy atom. The molecule has 1 unspecified atom stereocenters. The fraction of sp³-hybridized carbons (Fsp3) is 0.389. The van der Waals surface area contributed by atoms with Gasteiger partial charge in [0.2, 0.25) is 0 Å². The number of hydrogen-bond acceptors (Lipinski definition) is 4. The predicted octanol–water partition coefficient (Wildman–Crippen LogP) is 4.00. The Morgan fingerprint density at radius 1 is 1.19 bits per heavy atom. The molecule has 5 nitrogen and oxygen atoms in total. The van der Waals surface area contributed by atoms with Crippen LogP contribution in [-0.2, 0) is 0 Å². The molecule has 1 aliphatic rings. The first-order chi connectivity index (χ1) is 12.6. The molecule has 2 aromatic rings. The molecular weight excluding hydrogens is 360 g/mol. The summed E-state index contributed by atoms with van der Waals surface area (Å²) < 4.78 is 34.3. The van der Waals surface area contributed by atoms with Crippen LogP contribution in [0.2, 0.25) is 0 Å². The highest BCUT2D eigenvalue weighted by atomic mass is 32.1. The van der Waals surface area contributed by atoms with E-state index in [0.717, 1.165) is 18.8 Å². The van der Waals surface area contributed by atoms with Crippen molar-refractivity contribution in [1.82, 2.24) is 10.2 Å². The lowest BCUT2D eigenvalue weighted by Crippen LogP contribution is -2.38. The molecule has 1 aromatic carbocycles. The fourth-order valence-electron chi connectivity index (χ4n) is 3.03. The number of benzene rings is 1. The minimum absolute atomic E-state index is 0.108. The van der Waals surface area contributed by atoms with Crippen LogP contribution in [0.4, 0.5) is 14.5 Å². The van der Waals surface area contributed by atoms with Crippen molar-refractivity contribution in [3.8, 4) is 5.75 Å². The number of hydrogen-bond donors (Lipinski definition) is 2. The molecule has 3 rings (SSSR count). The van der Waals surface area contributed by atoms with Crippen LogP contribution in [0.1, 0.15) is 24.6 Å². The van der Waals surface area contributed by atoms with Gasteiger partial charge in [-0.05, 0) is 74.5 Å². The van der Waals surface area contributed by atoms with Gasteiger partial charge in [0.1, 0.15) is 11.5 Å². The highest BCUT2D eigenvalue weighted by molar-refractivity contribution is 7.80. The van der Waals surface area contributed by atoms with Crippen LogP contribution in [0, 0.1) is 0 Å². The number of nitrogens with one attached hydrogen (secondary N) is 2. The van der Waals surface area contributed by atoms with Crippen molar-refractivity contribution < 1.29 is 17.9 Å². The highest BCUT2D eigenvalue weighted by Gasteiger charge is 2.25. The number of furan rings is 1. The third-order valence-electron chi connectivity index (χ3n) is 4.25. The SMILES string of the molecule is FC(F)Oc1ccc(NC(=S)NCC(c2ccco2)N2CCCC2)cc1. The lowest BCUT2D eigenvalue weighted by Gasteiger charge is -2.26. The molecule has 1 aliphatic heterocycles. The van der Waals surface area contributed by atoms with Crippen molar-refractivity contribution in [2.24, 2.45) is 0 Å². The summed E-state index contributed by atoms with van der Waals surface area (Å²) in [7, 11) is 0. The maximum atomic E-state index is 12.2. The Kier molecular flexibility index (Phi) is 6.40. The second-order valence-electron chi connectivity index (χ2n) is 6.01. The molecule has 0 aliphatic carbocycles. The van der Waals surface area contributed by atoms with Gasteiger partial charge in [-0.2, -0.15) is 8.78 Å². The molecular formula is C18H21F2N3O2S. The fourth-order valence-corrected chi connectivity index (χ4v) is 3.23. The van der Waals surface area contributed by atoms with Crippen LogP contribution in [0.25, 0.3) is 0 Å². The molecule has 1 saturated heterocycles. The molecule has 2 N–H and O–H groups in total. The minimum atomic E-state index is -2.83. The molecule has 1 fully saturated rings. The number of anilines is 1. The molecule has 1 aromatic heterocycles. The summed E-state index contributed by atoms with van der Waals surface area (Å²) >= 11 is 5.34. The van der Waals surface area contributed by atoms with E-state index < -0.39 is 6.61 Å². The van der Waals surface area contributed by atoms with E-state index in [9.17, 15) is 8.78 Å². The number of halogens is 2. The zero-order valence-corrected chi connectivity index (χ0v) is 15.0. The molecule has 0 amide bonds. The van der Waals surface area contributed by atoms with E-state index in [2.05, 4.69) is 20.3 Å². The van der Waals surface area contributed by atoms with Crippen LogP contribution in [0.3, 0.4) is 0 Å². The third kappa shape index (κ3) is 5.15. The lowest BCUT2D eigenvalue weighted by molar-refractivity contribution is -0.0498. The van der Waals surface area contributed by atoms with Gasteiger partial charge in [-0.15, -0.1) is 0 Å². The summed E-state index contributed by atoms with van der Waals surface area (Å²) in [5.41, 5.74) is 0.694. The second-order valence-corrected chi connectivity index (χ2v) is 6.42. The summed E-state index contributed by atoms with van der Waals surface area (Å²) in [5, 5.41) is 6.71. The summed E-state index contributed by atoms with van der Waals surface area (Å²) in [4.78, 5) is 2.38. The average molecular weight is 381 g/mol. The standard InChI is InChI=1S/C18H21F2N3O2S/c19-17(20)25-14-7-5-13(6-8-14)22-18(26)21-12-15(16-4-3-11-24-16)23-9-1-2-10-23/h3-8,11,15,17H,1-2,9-10,12H2,(H2,21,22,26). The van der Waals surface area contributed by atoms with Crippen molar-refractivity contribution in [2.45, 2.75) is 25.5 Å². The first kappa shape index (κ1) is 18.6. The molecule has 140 valence electrons. The molecule has 26 heavy (non-hydrogen) atoms. The number of rotatable bonds is 7. The maximum Gasteiger partial charge on any atom is 0.387 e. The summed E-state index contributed by atoms with van der Waals surface area (Å²) in [6.45, 7) is -0.135. The molecule has 0 bridgehead atoms. The zero-order valence-electron chi connectivity index (χ0n) is 14.2. The smallest absolute Gasteiger partial charge is 0.387 e. The van der Waals surface area contributed by atoms with E-state index in [1.165, 1.54) is 25.0 Å². The lowest BCUT2D eigenvalue weighted by atomic mass is 10.2. The third-order valence-corrected chi connectivity index (χ3v) is 4.49. The van der Waals surface area contributed by atoms with Gasteiger partial charge in [0.25, 0.3) is 0 Å². The van der Waals surface area contributed by atoms with Crippen molar-refractivity contribution >= 4 is 23.0 Å². The minimum Gasteiger partial charge on any atom is -0.468 e. The maximum absolute atomic E-state index is 12.2. The van der Waals surface area contributed by atoms with E-state index in [4.69, 9.17) is 16.6 Å². The second kappa shape index (κ2) is 8.95. The van der Waals surface area contributed by atoms with Gasteiger partial charge < -0.3 is 19.8 Å². The van der Waals surface area contributed by atoms with E-state index in [1.807, 2.05) is 12.1 Å².